The molecule has 0 aliphatic rings. The minimum Gasteiger partial charge on any atom is -0.461 e. The van der Waals surface area contributed by atoms with Gasteiger partial charge >= 0.3 is 0 Å². The number of hydrogen-bond acceptors (Lipinski definition) is 4. The Balaban J connectivity index is 1.43. The van der Waals surface area contributed by atoms with Crippen LogP contribution in [-0.2, 0) is 12.8 Å². The zero-order valence-corrected chi connectivity index (χ0v) is 17.2. The van der Waals surface area contributed by atoms with Crippen molar-refractivity contribution in [2.24, 2.45) is 16.5 Å². The van der Waals surface area contributed by atoms with Gasteiger partial charge in [0.15, 0.2) is 0 Å². The molecule has 4 rings (SSSR count). The smallest absolute Gasteiger partial charge is 0.135 e. The van der Waals surface area contributed by atoms with Crippen LogP contribution in [0.25, 0.3) is 21.9 Å². The molecular formula is C24H26N4O2. The maximum Gasteiger partial charge on any atom is 0.135 e. The molecule has 0 spiro atoms. The van der Waals surface area contributed by atoms with Crippen molar-refractivity contribution in [2.75, 3.05) is 0 Å². The Morgan fingerprint density at radius 2 is 1.40 bits per heavy atom. The molecule has 2 aromatic carbocycles. The van der Waals surface area contributed by atoms with E-state index in [-0.39, 0.29) is 11.9 Å². The number of nitrogens with zero attached hydrogens (tertiary/aromatic N) is 1. The molecule has 0 atom stereocenters. The Morgan fingerprint density at radius 3 is 1.93 bits per heavy atom. The molecule has 30 heavy (non-hydrogen) atoms. The highest BCUT2D eigenvalue weighted by Gasteiger charge is 2.09. The molecule has 0 aliphatic heterocycles. The van der Waals surface area contributed by atoms with Gasteiger partial charge in [0.2, 0.25) is 0 Å². The number of nitrogen functional groups attached to an aromatic ring is 1. The van der Waals surface area contributed by atoms with Crippen LogP contribution >= 0.6 is 0 Å². The van der Waals surface area contributed by atoms with Crippen molar-refractivity contribution >= 4 is 33.6 Å². The van der Waals surface area contributed by atoms with Crippen LogP contribution in [-0.4, -0.2) is 17.7 Å². The number of aryl methyl sites for hydroxylation is 2. The molecule has 0 amide bonds. The molecule has 0 radical (unpaired) electrons. The average molecular weight is 402 g/mol. The van der Waals surface area contributed by atoms with Gasteiger partial charge in [-0.05, 0) is 44.5 Å². The normalized spacial score (nSPS) is 12.3. The van der Waals surface area contributed by atoms with Crippen molar-refractivity contribution < 1.29 is 8.83 Å². The third-order valence-corrected chi connectivity index (χ3v) is 4.99. The van der Waals surface area contributed by atoms with Crippen LogP contribution in [0.2, 0.25) is 0 Å². The lowest BCUT2D eigenvalue weighted by atomic mass is 10.1. The second-order valence-electron chi connectivity index (χ2n) is 7.81. The Kier molecular flexibility index (Phi) is 5.31. The van der Waals surface area contributed by atoms with E-state index in [9.17, 15) is 0 Å². The highest BCUT2D eigenvalue weighted by atomic mass is 16.3. The summed E-state index contributed by atoms with van der Waals surface area (Å²) in [7, 11) is 0. The number of aliphatic imine (C=N–C) groups is 1. The summed E-state index contributed by atoms with van der Waals surface area (Å²) >= 11 is 0. The second kappa shape index (κ2) is 8.06. The lowest BCUT2D eigenvalue weighted by Gasteiger charge is -2.03. The summed E-state index contributed by atoms with van der Waals surface area (Å²) in [4.78, 5) is 4.40. The van der Waals surface area contributed by atoms with Gasteiger partial charge < -0.3 is 20.3 Å². The maximum absolute atomic E-state index is 7.55. The molecule has 6 nitrogen and oxygen atoms in total. The number of hydrogen-bond donors (Lipinski definition) is 3. The van der Waals surface area contributed by atoms with E-state index in [2.05, 4.69) is 11.1 Å². The lowest BCUT2D eigenvalue weighted by molar-refractivity contribution is 0.510. The van der Waals surface area contributed by atoms with Gasteiger partial charge in [0.05, 0.1) is 0 Å². The quantitative estimate of drug-likeness (QED) is 0.305. The monoisotopic (exact) mass is 402 g/mol. The van der Waals surface area contributed by atoms with E-state index in [1.54, 1.807) is 0 Å². The van der Waals surface area contributed by atoms with Crippen molar-refractivity contribution in [2.45, 2.75) is 39.2 Å². The average Bonchev–Trinajstić information content (AvgIpc) is 3.28. The van der Waals surface area contributed by atoms with Gasteiger partial charge in [-0.1, -0.05) is 24.3 Å². The van der Waals surface area contributed by atoms with E-state index < -0.39 is 0 Å². The van der Waals surface area contributed by atoms with E-state index in [4.69, 9.17) is 25.7 Å². The van der Waals surface area contributed by atoms with Crippen LogP contribution in [0.5, 0.6) is 0 Å². The van der Waals surface area contributed by atoms with E-state index in [1.165, 1.54) is 0 Å². The number of rotatable bonds is 7. The van der Waals surface area contributed by atoms with Crippen LogP contribution < -0.4 is 11.5 Å². The van der Waals surface area contributed by atoms with Gasteiger partial charge in [-0.25, -0.2) is 0 Å². The molecule has 6 heteroatoms. The number of nitrogens with two attached hydrogens (primary N) is 2. The summed E-state index contributed by atoms with van der Waals surface area (Å²) in [5.41, 5.74) is 14.8. The predicted molar refractivity (Wildman–Crippen MR) is 121 cm³/mol. The fourth-order valence-electron chi connectivity index (χ4n) is 3.54. The lowest BCUT2D eigenvalue weighted by Crippen LogP contribution is -2.15. The molecule has 0 unspecified atom stereocenters. The molecule has 0 saturated heterocycles. The van der Waals surface area contributed by atoms with Gasteiger partial charge in [-0.15, -0.1) is 0 Å². The molecule has 4 aromatic rings. The molecule has 0 fully saturated rings. The zero-order chi connectivity index (χ0) is 21.3. The van der Waals surface area contributed by atoms with Gasteiger partial charge in [0, 0.05) is 40.8 Å². The third-order valence-electron chi connectivity index (χ3n) is 4.99. The predicted octanol–water partition coefficient (Wildman–Crippen LogP) is 4.75. The van der Waals surface area contributed by atoms with Gasteiger partial charge in [0.25, 0.3) is 0 Å². The number of benzene rings is 2. The van der Waals surface area contributed by atoms with Crippen LogP contribution in [0.15, 0.2) is 62.4 Å². The first-order valence-corrected chi connectivity index (χ1v) is 10.1. The fourth-order valence-corrected chi connectivity index (χ4v) is 3.54. The topological polar surface area (TPSA) is 115 Å². The van der Waals surface area contributed by atoms with Crippen molar-refractivity contribution in [3.8, 4) is 0 Å². The minimum atomic E-state index is 0.0418. The molecule has 2 heterocycles. The Hall–Kier alpha value is -3.54. The van der Waals surface area contributed by atoms with E-state index >= 15 is 0 Å². The molecule has 2 aromatic heterocycles. The number of fused-ring (bicyclic) bond motifs is 2. The highest BCUT2D eigenvalue weighted by Crippen LogP contribution is 2.24. The number of furan rings is 2. The SMILES string of the molecule is CC(C)N=C(N)c1ccc2cc(CCCc3cc4ccc(C(=N)N)cc4o3)oc2c1. The van der Waals surface area contributed by atoms with E-state index in [1.807, 2.05) is 56.3 Å². The third kappa shape index (κ3) is 4.22. The van der Waals surface area contributed by atoms with E-state index in [0.717, 1.165) is 58.3 Å². The van der Waals surface area contributed by atoms with Crippen LogP contribution in [0.1, 0.15) is 42.9 Å². The van der Waals surface area contributed by atoms with Gasteiger partial charge in [0.1, 0.15) is 34.4 Å². The molecule has 0 saturated carbocycles. The number of nitrogens with one attached hydrogen (secondary N) is 1. The standard InChI is InChI=1S/C24H26N4O2/c1-14(2)28-24(27)18-9-7-16-11-20(30-22(16)13-18)5-3-4-19-10-15-6-8-17(23(25)26)12-21(15)29-19/h6-14H,3-5H2,1-2H3,(H3,25,26)(H2,27,28). The zero-order valence-electron chi connectivity index (χ0n) is 17.2. The molecular weight excluding hydrogens is 376 g/mol. The summed E-state index contributed by atoms with van der Waals surface area (Å²) in [5, 5.41) is 9.63. The highest BCUT2D eigenvalue weighted by molar-refractivity contribution is 6.00. The van der Waals surface area contributed by atoms with Crippen LogP contribution in [0, 0.1) is 5.41 Å². The van der Waals surface area contributed by atoms with Crippen LogP contribution in [0.3, 0.4) is 0 Å². The summed E-state index contributed by atoms with van der Waals surface area (Å²) in [5.74, 6) is 2.43. The summed E-state index contributed by atoms with van der Waals surface area (Å²) < 4.78 is 11.9. The van der Waals surface area contributed by atoms with E-state index in [0.29, 0.717) is 11.4 Å². The van der Waals surface area contributed by atoms with Gasteiger partial charge in [-0.3, -0.25) is 10.4 Å². The second-order valence-corrected chi connectivity index (χ2v) is 7.81. The Labute approximate surface area is 175 Å². The fraction of sp³-hybridized carbons (Fsp3) is 0.250. The molecule has 0 bridgehead atoms. The largest absolute Gasteiger partial charge is 0.461 e. The van der Waals surface area contributed by atoms with Crippen LogP contribution in [0.4, 0.5) is 0 Å². The first-order chi connectivity index (χ1) is 14.4. The number of amidine groups is 2. The molecule has 5 N–H and O–H groups in total. The molecule has 154 valence electrons. The van der Waals surface area contributed by atoms with Crippen molar-refractivity contribution in [3.63, 3.8) is 0 Å². The molecule has 0 aliphatic carbocycles. The Morgan fingerprint density at radius 1 is 0.867 bits per heavy atom. The minimum absolute atomic E-state index is 0.0418. The first kappa shape index (κ1) is 19.8. The maximum atomic E-state index is 7.55. The first-order valence-electron chi connectivity index (χ1n) is 10.1. The summed E-state index contributed by atoms with van der Waals surface area (Å²) in [6.45, 7) is 4.00. The summed E-state index contributed by atoms with van der Waals surface area (Å²) in [6.07, 6.45) is 2.53. The Bertz CT molecular complexity index is 1250. The van der Waals surface area contributed by atoms with Crippen molar-refractivity contribution in [1.82, 2.24) is 0 Å². The van der Waals surface area contributed by atoms with Gasteiger partial charge in [-0.2, -0.15) is 0 Å². The van der Waals surface area contributed by atoms with Crippen molar-refractivity contribution in [1.29, 1.82) is 5.41 Å². The summed E-state index contributed by atoms with van der Waals surface area (Å²) in [6, 6.07) is 15.8. The van der Waals surface area contributed by atoms with Crippen molar-refractivity contribution in [3.05, 3.63) is 71.2 Å².